The molecule has 1 rings (SSSR count). The molecule has 1 atom stereocenters. The van der Waals surface area contributed by atoms with Crippen LogP contribution in [0, 0.1) is 0 Å². The fourth-order valence-electron chi connectivity index (χ4n) is 1.52. The molecule has 0 amide bonds. The van der Waals surface area contributed by atoms with Gasteiger partial charge in [-0.2, -0.15) is 0 Å². The Hall–Kier alpha value is -0.590. The summed E-state index contributed by atoms with van der Waals surface area (Å²) in [6.07, 6.45) is 0.707. The van der Waals surface area contributed by atoms with Gasteiger partial charge in [-0.3, -0.25) is 4.99 Å². The van der Waals surface area contributed by atoms with Crippen molar-refractivity contribution in [2.75, 3.05) is 20.6 Å². The van der Waals surface area contributed by atoms with Crippen LogP contribution in [0.25, 0.3) is 0 Å². The van der Waals surface area contributed by atoms with Crippen molar-refractivity contribution in [2.45, 2.75) is 32.4 Å². The van der Waals surface area contributed by atoms with Gasteiger partial charge in [0.1, 0.15) is 0 Å². The van der Waals surface area contributed by atoms with E-state index in [9.17, 15) is 5.11 Å². The van der Waals surface area contributed by atoms with Gasteiger partial charge in [0.15, 0.2) is 5.96 Å². The van der Waals surface area contributed by atoms with E-state index in [1.165, 1.54) is 4.88 Å². The number of thiophene rings is 1. The Labute approximate surface area is 127 Å². The lowest BCUT2D eigenvalue weighted by Crippen LogP contribution is -2.45. The van der Waals surface area contributed by atoms with Gasteiger partial charge < -0.3 is 15.3 Å². The summed E-state index contributed by atoms with van der Waals surface area (Å²) in [5, 5.41) is 13.2. The zero-order chi connectivity index (χ0) is 14.5. The van der Waals surface area contributed by atoms with E-state index < -0.39 is 5.60 Å². The molecule has 0 saturated heterocycles. The first-order valence-corrected chi connectivity index (χ1v) is 7.87. The van der Waals surface area contributed by atoms with Crippen LogP contribution in [0.1, 0.15) is 25.1 Å². The second kappa shape index (κ2) is 7.26. The van der Waals surface area contributed by atoms with Crippen LogP contribution in [0.3, 0.4) is 0 Å². The molecule has 0 bridgehead atoms. The third-order valence-electron chi connectivity index (χ3n) is 2.98. The minimum atomic E-state index is -0.706. The first-order chi connectivity index (χ1) is 8.88. The van der Waals surface area contributed by atoms with Gasteiger partial charge in [0, 0.05) is 25.5 Å². The molecule has 0 aliphatic carbocycles. The third kappa shape index (κ3) is 5.50. The maximum atomic E-state index is 10.0. The van der Waals surface area contributed by atoms with Gasteiger partial charge in [-0.25, -0.2) is 0 Å². The molecule has 19 heavy (non-hydrogen) atoms. The number of nitrogens with one attached hydrogen (secondary N) is 1. The molecule has 4 nitrogen and oxygen atoms in total. The van der Waals surface area contributed by atoms with E-state index in [0.717, 1.165) is 16.3 Å². The topological polar surface area (TPSA) is 47.9 Å². The van der Waals surface area contributed by atoms with E-state index in [2.05, 4.69) is 32.3 Å². The maximum absolute atomic E-state index is 10.0. The average molecular weight is 348 g/mol. The molecule has 0 fully saturated rings. The van der Waals surface area contributed by atoms with Crippen LogP contribution >= 0.6 is 27.3 Å². The van der Waals surface area contributed by atoms with Crippen LogP contribution in [0.5, 0.6) is 0 Å². The third-order valence-corrected chi connectivity index (χ3v) is 4.59. The van der Waals surface area contributed by atoms with E-state index in [1.54, 1.807) is 18.4 Å². The summed E-state index contributed by atoms with van der Waals surface area (Å²) in [4.78, 5) is 7.55. The number of halogens is 1. The lowest BCUT2D eigenvalue weighted by atomic mass is 10.0. The summed E-state index contributed by atoms with van der Waals surface area (Å²) in [7, 11) is 3.74. The first kappa shape index (κ1) is 16.5. The lowest BCUT2D eigenvalue weighted by molar-refractivity contribution is 0.0598. The largest absolute Gasteiger partial charge is 0.388 e. The molecule has 0 aromatic carbocycles. The Morgan fingerprint density at radius 3 is 2.74 bits per heavy atom. The fourth-order valence-corrected chi connectivity index (χ4v) is 3.06. The summed E-state index contributed by atoms with van der Waals surface area (Å²) in [5.74, 6) is 0.790. The molecule has 108 valence electrons. The van der Waals surface area contributed by atoms with Crippen molar-refractivity contribution in [1.29, 1.82) is 0 Å². The van der Waals surface area contributed by atoms with Crippen molar-refractivity contribution < 1.29 is 5.11 Å². The van der Waals surface area contributed by atoms with Crippen molar-refractivity contribution in [1.82, 2.24) is 10.2 Å². The SMILES string of the molecule is CCC(C)(O)CNC(=NC)N(C)Cc1ccc(Br)s1. The molecular weight excluding hydrogens is 326 g/mol. The highest BCUT2D eigenvalue weighted by Gasteiger charge is 2.18. The van der Waals surface area contributed by atoms with Crippen molar-refractivity contribution in [2.24, 2.45) is 4.99 Å². The summed E-state index contributed by atoms with van der Waals surface area (Å²) in [5.41, 5.74) is -0.706. The summed E-state index contributed by atoms with van der Waals surface area (Å²) < 4.78 is 1.13. The van der Waals surface area contributed by atoms with Gasteiger partial charge in [0.05, 0.1) is 15.9 Å². The number of aliphatic hydroxyl groups is 1. The van der Waals surface area contributed by atoms with E-state index >= 15 is 0 Å². The Kier molecular flexibility index (Phi) is 6.29. The predicted octanol–water partition coefficient (Wildman–Crippen LogP) is 2.68. The minimum absolute atomic E-state index is 0.495. The second-order valence-electron chi connectivity index (χ2n) is 4.81. The van der Waals surface area contributed by atoms with Crippen LogP contribution in [-0.4, -0.2) is 42.2 Å². The minimum Gasteiger partial charge on any atom is -0.388 e. The van der Waals surface area contributed by atoms with E-state index in [1.807, 2.05) is 31.9 Å². The zero-order valence-electron chi connectivity index (χ0n) is 11.9. The fraction of sp³-hybridized carbons (Fsp3) is 0.615. The molecule has 0 saturated carbocycles. The van der Waals surface area contributed by atoms with Crippen LogP contribution < -0.4 is 5.32 Å². The van der Waals surface area contributed by atoms with Crippen molar-refractivity contribution in [3.8, 4) is 0 Å². The number of hydrogen-bond donors (Lipinski definition) is 2. The molecule has 1 unspecified atom stereocenters. The van der Waals surface area contributed by atoms with Gasteiger partial charge in [0.25, 0.3) is 0 Å². The highest BCUT2D eigenvalue weighted by Crippen LogP contribution is 2.22. The van der Waals surface area contributed by atoms with Gasteiger partial charge in [-0.15, -0.1) is 11.3 Å². The second-order valence-corrected chi connectivity index (χ2v) is 7.36. The number of hydrogen-bond acceptors (Lipinski definition) is 3. The summed E-state index contributed by atoms with van der Waals surface area (Å²) >= 11 is 5.18. The molecule has 0 spiro atoms. The van der Waals surface area contributed by atoms with E-state index in [0.29, 0.717) is 13.0 Å². The predicted molar refractivity (Wildman–Crippen MR) is 85.8 cm³/mol. The van der Waals surface area contributed by atoms with Gasteiger partial charge in [-0.05, 0) is 41.4 Å². The van der Waals surface area contributed by atoms with Gasteiger partial charge in [-0.1, -0.05) is 6.92 Å². The normalized spacial score (nSPS) is 15.2. The van der Waals surface area contributed by atoms with Crippen LogP contribution in [-0.2, 0) is 6.54 Å². The molecule has 1 aromatic rings. The van der Waals surface area contributed by atoms with Crippen molar-refractivity contribution >= 4 is 33.2 Å². The Bertz CT molecular complexity index is 431. The standard InChI is InChI=1S/C13H22BrN3OS/c1-5-13(2,18)9-16-12(15-3)17(4)8-10-6-7-11(14)19-10/h6-7,18H,5,8-9H2,1-4H3,(H,15,16). The molecule has 2 N–H and O–H groups in total. The van der Waals surface area contributed by atoms with Gasteiger partial charge in [0.2, 0.25) is 0 Å². The molecule has 1 heterocycles. The monoisotopic (exact) mass is 347 g/mol. The number of guanidine groups is 1. The molecule has 6 heteroatoms. The average Bonchev–Trinajstić information content (AvgIpc) is 2.75. The van der Waals surface area contributed by atoms with E-state index in [-0.39, 0.29) is 0 Å². The Balaban J connectivity index is 2.55. The van der Waals surface area contributed by atoms with Crippen molar-refractivity contribution in [3.63, 3.8) is 0 Å². The summed E-state index contributed by atoms with van der Waals surface area (Å²) in [6, 6.07) is 4.15. The zero-order valence-corrected chi connectivity index (χ0v) is 14.3. The smallest absolute Gasteiger partial charge is 0.193 e. The van der Waals surface area contributed by atoms with Crippen LogP contribution in [0.15, 0.2) is 20.9 Å². The Morgan fingerprint density at radius 1 is 1.58 bits per heavy atom. The van der Waals surface area contributed by atoms with Crippen LogP contribution in [0.2, 0.25) is 0 Å². The first-order valence-electron chi connectivity index (χ1n) is 6.26. The Morgan fingerprint density at radius 2 is 2.26 bits per heavy atom. The lowest BCUT2D eigenvalue weighted by Gasteiger charge is -2.26. The van der Waals surface area contributed by atoms with E-state index in [4.69, 9.17) is 0 Å². The molecule has 1 aromatic heterocycles. The highest BCUT2D eigenvalue weighted by molar-refractivity contribution is 9.11. The van der Waals surface area contributed by atoms with Crippen LogP contribution in [0.4, 0.5) is 0 Å². The molecule has 0 aliphatic rings. The number of rotatable bonds is 5. The summed E-state index contributed by atoms with van der Waals surface area (Å²) in [6.45, 7) is 5.08. The number of aliphatic imine (C=N–C) groups is 1. The van der Waals surface area contributed by atoms with Crippen molar-refractivity contribution in [3.05, 3.63) is 20.8 Å². The molecular formula is C13H22BrN3OS. The molecule has 0 aliphatic heterocycles. The highest BCUT2D eigenvalue weighted by atomic mass is 79.9. The molecule has 0 radical (unpaired) electrons. The quantitative estimate of drug-likeness (QED) is 0.635. The van der Waals surface area contributed by atoms with Gasteiger partial charge >= 0.3 is 0 Å². The maximum Gasteiger partial charge on any atom is 0.193 e. The number of nitrogens with zero attached hydrogens (tertiary/aromatic N) is 2.